The number of hydrogen-bond donors (Lipinski definition) is 0. The summed E-state index contributed by atoms with van der Waals surface area (Å²) >= 11 is 5.84. The Hall–Kier alpha value is -1.81. The minimum atomic E-state index is -0.431. The largest absolute Gasteiger partial charge is 0.483 e. The first-order chi connectivity index (χ1) is 7.75. The number of furan rings is 1. The summed E-state index contributed by atoms with van der Waals surface area (Å²) in [6.07, 6.45) is 1.42. The van der Waals surface area contributed by atoms with Gasteiger partial charge in [-0.3, -0.25) is 4.79 Å². The van der Waals surface area contributed by atoms with Crippen molar-refractivity contribution in [3.05, 3.63) is 29.0 Å². The van der Waals surface area contributed by atoms with Crippen LogP contribution in [0.25, 0.3) is 11.0 Å². The van der Waals surface area contributed by atoms with Crippen molar-refractivity contribution in [2.24, 2.45) is 4.99 Å². The first kappa shape index (κ1) is 9.42. The van der Waals surface area contributed by atoms with Crippen molar-refractivity contribution in [2.75, 3.05) is 6.61 Å². The van der Waals surface area contributed by atoms with Crippen molar-refractivity contribution >= 4 is 34.7 Å². The van der Waals surface area contributed by atoms with Gasteiger partial charge in [0.25, 0.3) is 0 Å². The molecule has 1 aliphatic rings. The van der Waals surface area contributed by atoms with Crippen LogP contribution in [0.1, 0.15) is 10.6 Å². The molecular formula is C11H6ClNO3. The van der Waals surface area contributed by atoms with Gasteiger partial charge in [-0.05, 0) is 12.1 Å². The Kier molecular flexibility index (Phi) is 1.97. The van der Waals surface area contributed by atoms with Crippen LogP contribution < -0.4 is 4.74 Å². The molecule has 4 nitrogen and oxygen atoms in total. The van der Waals surface area contributed by atoms with E-state index in [1.807, 2.05) is 0 Å². The van der Waals surface area contributed by atoms with Gasteiger partial charge < -0.3 is 9.15 Å². The van der Waals surface area contributed by atoms with Crippen molar-refractivity contribution in [2.45, 2.75) is 0 Å². The molecule has 0 radical (unpaired) electrons. The lowest BCUT2D eigenvalue weighted by atomic mass is 10.2. The Bertz CT molecular complexity index is 615. The highest BCUT2D eigenvalue weighted by atomic mass is 35.5. The fraction of sp³-hybridized carbons (Fsp3) is 0.0909. The first-order valence-corrected chi connectivity index (χ1v) is 5.05. The molecule has 2 heterocycles. The van der Waals surface area contributed by atoms with Gasteiger partial charge in [-0.15, -0.1) is 0 Å². The molecule has 0 fully saturated rings. The average molecular weight is 236 g/mol. The van der Waals surface area contributed by atoms with E-state index < -0.39 is 5.91 Å². The van der Waals surface area contributed by atoms with Crippen LogP contribution in [-0.4, -0.2) is 18.7 Å². The summed E-state index contributed by atoms with van der Waals surface area (Å²) < 4.78 is 10.8. The summed E-state index contributed by atoms with van der Waals surface area (Å²) in [5.74, 6) is 0.139. The van der Waals surface area contributed by atoms with Crippen molar-refractivity contribution < 1.29 is 13.9 Å². The lowest BCUT2D eigenvalue weighted by Crippen LogP contribution is -1.95. The van der Waals surface area contributed by atoms with Gasteiger partial charge in [-0.2, -0.15) is 0 Å². The van der Waals surface area contributed by atoms with E-state index in [0.717, 1.165) is 5.39 Å². The topological polar surface area (TPSA) is 51.8 Å². The summed E-state index contributed by atoms with van der Waals surface area (Å²) in [7, 11) is 0. The average Bonchev–Trinajstić information content (AvgIpc) is 2.52. The van der Waals surface area contributed by atoms with Crippen LogP contribution in [0.4, 0.5) is 0 Å². The van der Waals surface area contributed by atoms with E-state index in [-0.39, 0.29) is 12.4 Å². The molecule has 0 saturated carbocycles. The molecular weight excluding hydrogens is 230 g/mol. The molecule has 0 N–H and O–H groups in total. The van der Waals surface area contributed by atoms with Gasteiger partial charge in [-0.25, -0.2) is 4.99 Å². The highest BCUT2D eigenvalue weighted by molar-refractivity contribution is 6.31. The molecule has 1 aromatic carbocycles. The normalized spacial score (nSPS) is 14.7. The number of halogens is 1. The molecule has 3 rings (SSSR count). The fourth-order valence-electron chi connectivity index (χ4n) is 1.63. The monoisotopic (exact) mass is 235 g/mol. The Morgan fingerprint density at radius 3 is 3.12 bits per heavy atom. The second-order valence-corrected chi connectivity index (χ2v) is 3.77. The molecule has 80 valence electrons. The van der Waals surface area contributed by atoms with E-state index in [1.54, 1.807) is 18.2 Å². The second-order valence-electron chi connectivity index (χ2n) is 3.33. The second kappa shape index (κ2) is 3.35. The summed E-state index contributed by atoms with van der Waals surface area (Å²) in [5, 5.41) is 1.28. The van der Waals surface area contributed by atoms with Crippen molar-refractivity contribution in [1.29, 1.82) is 0 Å². The molecule has 16 heavy (non-hydrogen) atoms. The molecule has 2 aromatic rings. The lowest BCUT2D eigenvalue weighted by Gasteiger charge is -1.98. The van der Waals surface area contributed by atoms with Gasteiger partial charge in [0.2, 0.25) is 5.76 Å². The molecule has 1 amide bonds. The van der Waals surface area contributed by atoms with Crippen molar-refractivity contribution in [3.8, 4) is 5.75 Å². The summed E-state index contributed by atoms with van der Waals surface area (Å²) in [6.45, 7) is 0.260. The third-order valence-electron chi connectivity index (χ3n) is 2.31. The van der Waals surface area contributed by atoms with Gasteiger partial charge in [0.05, 0.1) is 5.39 Å². The molecule has 0 bridgehead atoms. The van der Waals surface area contributed by atoms with Crippen molar-refractivity contribution in [1.82, 2.24) is 0 Å². The Labute approximate surface area is 95.5 Å². The van der Waals surface area contributed by atoms with Crippen LogP contribution in [0.5, 0.6) is 5.75 Å². The number of benzene rings is 1. The molecule has 0 atom stereocenters. The van der Waals surface area contributed by atoms with Crippen molar-refractivity contribution in [3.63, 3.8) is 0 Å². The molecule has 1 aliphatic heterocycles. The van der Waals surface area contributed by atoms with Crippen LogP contribution >= 0.6 is 11.6 Å². The Morgan fingerprint density at radius 2 is 2.25 bits per heavy atom. The van der Waals surface area contributed by atoms with Crippen LogP contribution in [0.15, 0.2) is 27.6 Å². The maximum absolute atomic E-state index is 11.6. The standard InChI is InChI=1S/C11H6ClNO3/c12-6-1-2-7-8(5-6)16-10-9(7)15-4-3-13-11(10)14/h1-3,5H,4H2. The zero-order valence-corrected chi connectivity index (χ0v) is 8.82. The van der Waals surface area contributed by atoms with E-state index in [2.05, 4.69) is 4.99 Å². The van der Waals surface area contributed by atoms with E-state index in [0.29, 0.717) is 16.4 Å². The third kappa shape index (κ3) is 1.31. The number of aliphatic imine (C=N–C) groups is 1. The zero-order chi connectivity index (χ0) is 11.1. The Balaban J connectivity index is 2.33. The van der Waals surface area contributed by atoms with E-state index >= 15 is 0 Å². The van der Waals surface area contributed by atoms with E-state index in [9.17, 15) is 4.79 Å². The summed E-state index contributed by atoms with van der Waals surface area (Å²) in [5.41, 5.74) is 0.531. The number of carbonyl (C=O) groups excluding carboxylic acids is 1. The zero-order valence-electron chi connectivity index (χ0n) is 8.07. The highest BCUT2D eigenvalue weighted by Gasteiger charge is 2.23. The number of hydrogen-bond acceptors (Lipinski definition) is 3. The maximum atomic E-state index is 11.6. The lowest BCUT2D eigenvalue weighted by molar-refractivity contribution is 0.0978. The van der Waals surface area contributed by atoms with E-state index in [4.69, 9.17) is 20.8 Å². The highest BCUT2D eigenvalue weighted by Crippen LogP contribution is 2.35. The summed E-state index contributed by atoms with van der Waals surface area (Å²) in [6, 6.07) is 5.13. The molecule has 0 aliphatic carbocycles. The number of nitrogens with zero attached hydrogens (tertiary/aromatic N) is 1. The fourth-order valence-corrected chi connectivity index (χ4v) is 1.79. The smallest absolute Gasteiger partial charge is 0.316 e. The molecule has 0 unspecified atom stereocenters. The van der Waals surface area contributed by atoms with Crippen LogP contribution in [0.2, 0.25) is 5.02 Å². The predicted octanol–water partition coefficient (Wildman–Crippen LogP) is 2.69. The van der Waals surface area contributed by atoms with Crippen LogP contribution in [0.3, 0.4) is 0 Å². The van der Waals surface area contributed by atoms with Crippen LogP contribution in [0, 0.1) is 0 Å². The quantitative estimate of drug-likeness (QED) is 0.705. The molecule has 1 aromatic heterocycles. The van der Waals surface area contributed by atoms with Gasteiger partial charge in [0, 0.05) is 17.3 Å². The first-order valence-electron chi connectivity index (χ1n) is 4.67. The SMILES string of the molecule is O=C1N=CCOc2c1oc1cc(Cl)ccc21. The Morgan fingerprint density at radius 1 is 1.38 bits per heavy atom. The molecule has 0 spiro atoms. The minimum absolute atomic E-state index is 0.131. The van der Waals surface area contributed by atoms with E-state index in [1.165, 1.54) is 6.21 Å². The molecule has 0 saturated heterocycles. The van der Waals surface area contributed by atoms with Gasteiger partial charge in [0.1, 0.15) is 12.2 Å². The number of fused-ring (bicyclic) bond motifs is 3. The summed E-state index contributed by atoms with van der Waals surface area (Å²) in [4.78, 5) is 15.2. The van der Waals surface area contributed by atoms with Gasteiger partial charge in [-0.1, -0.05) is 11.6 Å². The molecule has 5 heteroatoms. The van der Waals surface area contributed by atoms with Crippen LogP contribution in [-0.2, 0) is 0 Å². The minimum Gasteiger partial charge on any atom is -0.483 e. The third-order valence-corrected chi connectivity index (χ3v) is 2.55. The van der Waals surface area contributed by atoms with Gasteiger partial charge in [0.15, 0.2) is 5.75 Å². The van der Waals surface area contributed by atoms with Gasteiger partial charge >= 0.3 is 5.91 Å². The predicted molar refractivity (Wildman–Crippen MR) is 59.5 cm³/mol. The number of amides is 1. The number of ether oxygens (including phenoxy) is 1. The number of carbonyl (C=O) groups is 1. The maximum Gasteiger partial charge on any atom is 0.316 e. The number of rotatable bonds is 0.